The molecule has 1 saturated heterocycles. The van der Waals surface area contributed by atoms with E-state index in [0.29, 0.717) is 16.1 Å². The molecule has 3 heteroatoms. The maximum absolute atomic E-state index is 12.4. The quantitative estimate of drug-likeness (QED) is 0.482. The number of carbonyl (C=O) groups excluding carboxylic acids is 1. The van der Waals surface area contributed by atoms with Crippen molar-refractivity contribution in [1.82, 2.24) is 0 Å². The van der Waals surface area contributed by atoms with E-state index in [2.05, 4.69) is 93.5 Å². The first kappa shape index (κ1) is 23.0. The van der Waals surface area contributed by atoms with Gasteiger partial charge in [0.2, 0.25) is 0 Å². The molecule has 1 fully saturated rings. The predicted molar refractivity (Wildman–Crippen MR) is 126 cm³/mol. The smallest absolute Gasteiger partial charge is 0.134 e. The Morgan fingerprint density at radius 3 is 1.78 bits per heavy atom. The van der Waals surface area contributed by atoms with Gasteiger partial charge in [-0.1, -0.05) is 109 Å². The molecule has 0 aromatic heterocycles. The van der Waals surface area contributed by atoms with Crippen molar-refractivity contribution in [1.29, 1.82) is 0 Å². The number of hydrogen-bond acceptors (Lipinski definition) is 1. The summed E-state index contributed by atoms with van der Waals surface area (Å²) in [5.41, 5.74) is 1.54. The molecule has 0 radical (unpaired) electrons. The van der Waals surface area contributed by atoms with Gasteiger partial charge in [0.05, 0.1) is 0 Å². The fraction of sp³-hybridized carbons (Fsp3) is 0.708. The summed E-state index contributed by atoms with van der Waals surface area (Å²) < 4.78 is 0. The molecule has 2 rings (SSSR count). The standard InChI is InChI=1S/C24H40OP2/c1-21(2,3)26(22(4,5)6)17-18-13-11-12-14-20(18)27-23(7,8)15-19(25)16-24(27,9)10/h11-14H,15-17H2,1-10H3. The second-order valence-electron chi connectivity index (χ2n) is 11.4. The topological polar surface area (TPSA) is 17.1 Å². The lowest BCUT2D eigenvalue weighted by molar-refractivity contribution is -0.120. The maximum atomic E-state index is 12.4. The van der Waals surface area contributed by atoms with Crippen LogP contribution < -0.4 is 5.30 Å². The third-order valence-corrected chi connectivity index (χ3v) is 13.2. The van der Waals surface area contributed by atoms with Crippen molar-refractivity contribution in [3.63, 3.8) is 0 Å². The van der Waals surface area contributed by atoms with Gasteiger partial charge in [-0.25, -0.2) is 0 Å². The first-order valence-electron chi connectivity index (χ1n) is 10.2. The third-order valence-electron chi connectivity index (χ3n) is 5.65. The summed E-state index contributed by atoms with van der Waals surface area (Å²) in [5, 5.41) is 2.33. The summed E-state index contributed by atoms with van der Waals surface area (Å²) in [5.74, 6) is 0.438. The SMILES string of the molecule is CC(C)(C)P(Cc1ccccc1P1C(C)(C)CC(=O)CC1(C)C)C(C)(C)C. The highest BCUT2D eigenvalue weighted by Crippen LogP contribution is 2.66. The van der Waals surface area contributed by atoms with Crippen LogP contribution in [0.3, 0.4) is 0 Å². The van der Waals surface area contributed by atoms with Crippen molar-refractivity contribution in [2.45, 2.75) is 109 Å². The van der Waals surface area contributed by atoms with Crippen molar-refractivity contribution < 1.29 is 4.79 Å². The number of carbonyl (C=O) groups is 1. The molecule has 1 aliphatic heterocycles. The zero-order valence-electron chi connectivity index (χ0n) is 19.2. The molecular formula is C24H40OP2. The highest BCUT2D eigenvalue weighted by Gasteiger charge is 2.48. The van der Waals surface area contributed by atoms with Gasteiger partial charge in [0.25, 0.3) is 0 Å². The second kappa shape index (κ2) is 7.54. The average molecular weight is 407 g/mol. The molecular weight excluding hydrogens is 366 g/mol. The van der Waals surface area contributed by atoms with Gasteiger partial charge in [0.1, 0.15) is 5.78 Å². The van der Waals surface area contributed by atoms with E-state index in [1.807, 2.05) is 0 Å². The van der Waals surface area contributed by atoms with E-state index in [1.54, 1.807) is 5.30 Å². The summed E-state index contributed by atoms with van der Waals surface area (Å²) in [6.45, 7) is 23.7. The van der Waals surface area contributed by atoms with Crippen molar-refractivity contribution in [3.05, 3.63) is 29.8 Å². The Balaban J connectivity index is 2.53. The molecule has 0 amide bonds. The number of rotatable bonds is 3. The Morgan fingerprint density at radius 1 is 0.889 bits per heavy atom. The van der Waals surface area contributed by atoms with E-state index < -0.39 is 7.92 Å². The molecule has 0 N–H and O–H groups in total. The molecule has 152 valence electrons. The van der Waals surface area contributed by atoms with E-state index in [0.717, 1.165) is 12.8 Å². The fourth-order valence-electron chi connectivity index (χ4n) is 5.17. The first-order valence-corrected chi connectivity index (χ1v) is 13.1. The van der Waals surface area contributed by atoms with Gasteiger partial charge in [-0.3, -0.25) is 4.79 Å². The number of benzene rings is 1. The van der Waals surface area contributed by atoms with Crippen LogP contribution in [0.25, 0.3) is 0 Å². The number of hydrogen-bond donors (Lipinski definition) is 0. The highest BCUT2D eigenvalue weighted by molar-refractivity contribution is 7.69. The zero-order chi connectivity index (χ0) is 20.8. The summed E-state index contributed by atoms with van der Waals surface area (Å²) in [6, 6.07) is 9.16. The van der Waals surface area contributed by atoms with Crippen LogP contribution in [-0.4, -0.2) is 26.4 Å². The molecule has 1 nitrogen and oxygen atoms in total. The van der Waals surface area contributed by atoms with Crippen LogP contribution in [-0.2, 0) is 11.0 Å². The van der Waals surface area contributed by atoms with Gasteiger partial charge in [-0.05, 0) is 37.7 Å². The molecule has 0 unspecified atom stereocenters. The van der Waals surface area contributed by atoms with Crippen LogP contribution >= 0.6 is 15.8 Å². The van der Waals surface area contributed by atoms with Gasteiger partial charge in [0, 0.05) is 12.8 Å². The Labute approximate surface area is 170 Å². The first-order chi connectivity index (χ1) is 12.1. The van der Waals surface area contributed by atoms with Crippen LogP contribution in [0.2, 0.25) is 0 Å². The van der Waals surface area contributed by atoms with E-state index in [4.69, 9.17) is 0 Å². The van der Waals surface area contributed by atoms with Gasteiger partial charge in [-0.15, -0.1) is 0 Å². The summed E-state index contributed by atoms with van der Waals surface area (Å²) in [6.07, 6.45) is 2.63. The summed E-state index contributed by atoms with van der Waals surface area (Å²) in [7, 11) is -0.597. The maximum Gasteiger partial charge on any atom is 0.134 e. The average Bonchev–Trinajstić information content (AvgIpc) is 2.40. The third kappa shape index (κ3) is 5.22. The molecule has 0 atom stereocenters. The van der Waals surface area contributed by atoms with Crippen LogP contribution in [0, 0.1) is 0 Å². The number of Topliss-reactive ketones (excluding diaryl/α,β-unsaturated/α-hetero) is 1. The second-order valence-corrected chi connectivity index (χ2v) is 18.8. The van der Waals surface area contributed by atoms with Crippen molar-refractivity contribution in [2.24, 2.45) is 0 Å². The zero-order valence-corrected chi connectivity index (χ0v) is 21.0. The van der Waals surface area contributed by atoms with Crippen LogP contribution in [0.4, 0.5) is 0 Å². The van der Waals surface area contributed by atoms with Crippen molar-refractivity contribution >= 4 is 26.9 Å². The molecule has 1 aromatic rings. The van der Waals surface area contributed by atoms with Gasteiger partial charge in [0.15, 0.2) is 0 Å². The molecule has 27 heavy (non-hydrogen) atoms. The summed E-state index contributed by atoms with van der Waals surface area (Å²) >= 11 is 0. The van der Waals surface area contributed by atoms with Gasteiger partial charge < -0.3 is 0 Å². The summed E-state index contributed by atoms with van der Waals surface area (Å²) in [4.78, 5) is 12.4. The van der Waals surface area contributed by atoms with Crippen LogP contribution in [0.1, 0.15) is 87.6 Å². The lowest BCUT2D eigenvalue weighted by Crippen LogP contribution is -2.44. The molecule has 0 aliphatic carbocycles. The molecule has 1 heterocycles. The lowest BCUT2D eigenvalue weighted by atomic mass is 9.96. The molecule has 0 spiro atoms. The van der Waals surface area contributed by atoms with Crippen LogP contribution in [0.15, 0.2) is 24.3 Å². The fourth-order valence-corrected chi connectivity index (χ4v) is 13.2. The minimum atomic E-state index is -0.414. The molecule has 1 aromatic carbocycles. The normalized spacial score (nSPS) is 20.9. The van der Waals surface area contributed by atoms with E-state index >= 15 is 0 Å². The Kier molecular flexibility index (Phi) is 6.43. The van der Waals surface area contributed by atoms with Crippen molar-refractivity contribution in [2.75, 3.05) is 0 Å². The minimum absolute atomic E-state index is 0.0660. The lowest BCUT2D eigenvalue weighted by Gasteiger charge is -2.50. The van der Waals surface area contributed by atoms with Crippen LogP contribution in [0.5, 0.6) is 0 Å². The Morgan fingerprint density at radius 2 is 1.33 bits per heavy atom. The van der Waals surface area contributed by atoms with E-state index in [1.165, 1.54) is 11.7 Å². The predicted octanol–water partition coefficient (Wildman–Crippen LogP) is 7.29. The highest BCUT2D eigenvalue weighted by atomic mass is 31.1. The monoisotopic (exact) mass is 406 g/mol. The minimum Gasteiger partial charge on any atom is -0.300 e. The largest absolute Gasteiger partial charge is 0.300 e. The number of ketones is 1. The molecule has 0 saturated carbocycles. The molecule has 0 bridgehead atoms. The Hall–Kier alpha value is -0.250. The van der Waals surface area contributed by atoms with E-state index in [-0.39, 0.29) is 18.2 Å². The van der Waals surface area contributed by atoms with Gasteiger partial charge in [-0.2, -0.15) is 0 Å². The molecule has 1 aliphatic rings. The van der Waals surface area contributed by atoms with Crippen molar-refractivity contribution in [3.8, 4) is 0 Å². The van der Waals surface area contributed by atoms with E-state index in [9.17, 15) is 4.79 Å². The Bertz CT molecular complexity index is 655. The van der Waals surface area contributed by atoms with Gasteiger partial charge >= 0.3 is 0 Å².